The van der Waals surface area contributed by atoms with Crippen molar-refractivity contribution in [2.75, 3.05) is 13.2 Å². The van der Waals surface area contributed by atoms with Crippen LogP contribution in [0, 0.1) is 0 Å². The minimum Gasteiger partial charge on any atom is -0.486 e. The highest BCUT2D eigenvalue weighted by molar-refractivity contribution is 7.18. The van der Waals surface area contributed by atoms with Gasteiger partial charge in [0.05, 0.1) is 11.6 Å². The molecule has 5 rings (SSSR count). The Morgan fingerprint density at radius 1 is 1.15 bits per heavy atom. The van der Waals surface area contributed by atoms with E-state index in [2.05, 4.69) is 10.1 Å². The Morgan fingerprint density at radius 3 is 2.92 bits per heavy atom. The second kappa shape index (κ2) is 6.25. The van der Waals surface area contributed by atoms with Crippen molar-refractivity contribution in [2.45, 2.75) is 25.7 Å². The van der Waals surface area contributed by atoms with Gasteiger partial charge in [-0.15, -0.1) is 11.3 Å². The van der Waals surface area contributed by atoms with Gasteiger partial charge >= 0.3 is 0 Å². The highest BCUT2D eigenvalue weighted by atomic mass is 32.1. The van der Waals surface area contributed by atoms with Gasteiger partial charge in [0.1, 0.15) is 24.4 Å². The van der Waals surface area contributed by atoms with Crippen LogP contribution >= 0.6 is 11.3 Å². The maximum Gasteiger partial charge on any atom is 0.282 e. The zero-order valence-corrected chi connectivity index (χ0v) is 14.9. The lowest BCUT2D eigenvalue weighted by Crippen LogP contribution is -2.18. The number of rotatable bonds is 2. The highest BCUT2D eigenvalue weighted by Gasteiger charge is 2.19. The van der Waals surface area contributed by atoms with Crippen LogP contribution in [0.5, 0.6) is 11.5 Å². The number of benzene rings is 1. The molecule has 0 saturated carbocycles. The van der Waals surface area contributed by atoms with Crippen molar-refractivity contribution >= 4 is 27.8 Å². The minimum atomic E-state index is -0.0943. The Balaban J connectivity index is 1.52. The van der Waals surface area contributed by atoms with Crippen LogP contribution in [0.2, 0.25) is 0 Å². The molecule has 0 unspecified atom stereocenters. The van der Waals surface area contributed by atoms with Crippen LogP contribution < -0.4 is 15.0 Å². The van der Waals surface area contributed by atoms with Crippen molar-refractivity contribution in [1.82, 2.24) is 9.66 Å². The lowest BCUT2D eigenvalue weighted by atomic mass is 9.97. The van der Waals surface area contributed by atoms with Crippen molar-refractivity contribution in [2.24, 2.45) is 5.10 Å². The van der Waals surface area contributed by atoms with Crippen molar-refractivity contribution in [3.63, 3.8) is 0 Å². The van der Waals surface area contributed by atoms with Crippen molar-refractivity contribution in [3.8, 4) is 11.5 Å². The first-order valence-electron chi connectivity index (χ1n) is 8.75. The number of ether oxygens (including phenoxy) is 2. The summed E-state index contributed by atoms with van der Waals surface area (Å²) in [6.07, 6.45) is 7.48. The lowest BCUT2D eigenvalue weighted by molar-refractivity contribution is 0.171. The van der Waals surface area contributed by atoms with E-state index in [1.807, 2.05) is 18.2 Å². The molecule has 0 amide bonds. The van der Waals surface area contributed by atoms with E-state index in [9.17, 15) is 4.79 Å². The average Bonchev–Trinajstić information content (AvgIpc) is 3.06. The third-order valence-electron chi connectivity index (χ3n) is 4.76. The molecule has 0 saturated heterocycles. The summed E-state index contributed by atoms with van der Waals surface area (Å²) in [7, 11) is 0. The second-order valence-electron chi connectivity index (χ2n) is 6.43. The van der Waals surface area contributed by atoms with Crippen molar-refractivity contribution < 1.29 is 9.47 Å². The predicted molar refractivity (Wildman–Crippen MR) is 101 cm³/mol. The molecule has 1 aliphatic heterocycles. The summed E-state index contributed by atoms with van der Waals surface area (Å²) in [6.45, 7) is 1.10. The fraction of sp³-hybridized carbons (Fsp3) is 0.316. The maximum atomic E-state index is 12.9. The van der Waals surface area contributed by atoms with Gasteiger partial charge in [0, 0.05) is 4.88 Å². The number of aryl methyl sites for hydroxylation is 2. The third kappa shape index (κ3) is 2.59. The number of hydrogen-bond acceptors (Lipinski definition) is 6. The van der Waals surface area contributed by atoms with Crippen LogP contribution in [0.25, 0.3) is 10.2 Å². The fourth-order valence-corrected chi connectivity index (χ4v) is 4.71. The van der Waals surface area contributed by atoms with Gasteiger partial charge in [-0.2, -0.15) is 9.78 Å². The van der Waals surface area contributed by atoms with Crippen LogP contribution in [0.4, 0.5) is 0 Å². The number of aromatic nitrogens is 2. The largest absolute Gasteiger partial charge is 0.486 e. The molecular weight excluding hydrogens is 350 g/mol. The monoisotopic (exact) mass is 367 g/mol. The van der Waals surface area contributed by atoms with Crippen LogP contribution in [0.3, 0.4) is 0 Å². The summed E-state index contributed by atoms with van der Waals surface area (Å²) in [5, 5.41) is 5.07. The molecule has 2 aliphatic rings. The van der Waals surface area contributed by atoms with Crippen molar-refractivity contribution in [3.05, 3.63) is 50.9 Å². The zero-order chi connectivity index (χ0) is 17.5. The maximum absolute atomic E-state index is 12.9. The topological polar surface area (TPSA) is 65.7 Å². The van der Waals surface area contributed by atoms with E-state index in [1.165, 1.54) is 27.9 Å². The molecule has 1 aliphatic carbocycles. The van der Waals surface area contributed by atoms with Gasteiger partial charge in [0.15, 0.2) is 11.5 Å². The smallest absolute Gasteiger partial charge is 0.282 e. The number of fused-ring (bicyclic) bond motifs is 4. The van der Waals surface area contributed by atoms with Crippen LogP contribution in [0.1, 0.15) is 28.8 Å². The van der Waals surface area contributed by atoms with Gasteiger partial charge in [-0.1, -0.05) is 0 Å². The number of thiophene rings is 1. The molecular formula is C19H17N3O3S. The summed E-state index contributed by atoms with van der Waals surface area (Å²) in [5.74, 6) is 1.44. The van der Waals surface area contributed by atoms with E-state index in [-0.39, 0.29) is 5.56 Å². The molecule has 0 radical (unpaired) electrons. The van der Waals surface area contributed by atoms with Gasteiger partial charge in [-0.05, 0) is 55.0 Å². The molecule has 6 nitrogen and oxygen atoms in total. The second-order valence-corrected chi connectivity index (χ2v) is 7.52. The molecule has 132 valence electrons. The van der Waals surface area contributed by atoms with E-state index < -0.39 is 0 Å². The van der Waals surface area contributed by atoms with Gasteiger partial charge in [-0.3, -0.25) is 4.79 Å². The van der Waals surface area contributed by atoms with Gasteiger partial charge in [-0.25, -0.2) is 4.98 Å². The van der Waals surface area contributed by atoms with Crippen molar-refractivity contribution in [1.29, 1.82) is 0 Å². The van der Waals surface area contributed by atoms with Gasteiger partial charge in [0.25, 0.3) is 5.56 Å². The number of nitrogens with zero attached hydrogens (tertiary/aromatic N) is 3. The molecule has 0 atom stereocenters. The lowest BCUT2D eigenvalue weighted by Gasteiger charge is -2.18. The molecule has 2 aromatic heterocycles. The summed E-state index contributed by atoms with van der Waals surface area (Å²) >= 11 is 1.65. The Morgan fingerprint density at radius 2 is 2.00 bits per heavy atom. The van der Waals surface area contributed by atoms with Crippen LogP contribution in [-0.4, -0.2) is 29.1 Å². The molecule has 0 bridgehead atoms. The summed E-state index contributed by atoms with van der Waals surface area (Å²) in [5.41, 5.74) is 1.93. The van der Waals surface area contributed by atoms with Gasteiger partial charge < -0.3 is 9.47 Å². The van der Waals surface area contributed by atoms with E-state index in [1.54, 1.807) is 17.6 Å². The molecule has 0 fully saturated rings. The molecule has 3 aromatic rings. The van der Waals surface area contributed by atoms with E-state index in [4.69, 9.17) is 9.47 Å². The SMILES string of the molecule is O=c1c2c3c(sc2ncn1N=Cc1ccc2c(c1)OCCO2)CCCC3. The molecule has 0 spiro atoms. The third-order valence-corrected chi connectivity index (χ3v) is 5.96. The van der Waals surface area contributed by atoms with Crippen LogP contribution in [0.15, 0.2) is 34.4 Å². The Labute approximate surface area is 153 Å². The number of hydrogen-bond donors (Lipinski definition) is 0. The average molecular weight is 367 g/mol. The fourth-order valence-electron chi connectivity index (χ4n) is 3.49. The van der Waals surface area contributed by atoms with E-state index >= 15 is 0 Å². The summed E-state index contributed by atoms with van der Waals surface area (Å²) in [4.78, 5) is 19.5. The van der Waals surface area contributed by atoms with E-state index in [0.29, 0.717) is 19.0 Å². The summed E-state index contributed by atoms with van der Waals surface area (Å²) in [6, 6.07) is 5.61. The van der Waals surface area contributed by atoms with E-state index in [0.717, 1.165) is 40.8 Å². The van der Waals surface area contributed by atoms with Gasteiger partial charge in [0.2, 0.25) is 0 Å². The predicted octanol–water partition coefficient (Wildman–Crippen LogP) is 2.99. The van der Waals surface area contributed by atoms with Crippen LogP contribution in [-0.2, 0) is 12.8 Å². The quantitative estimate of drug-likeness (QED) is 0.653. The molecule has 1 aromatic carbocycles. The first-order valence-corrected chi connectivity index (χ1v) is 9.57. The molecule has 26 heavy (non-hydrogen) atoms. The summed E-state index contributed by atoms with van der Waals surface area (Å²) < 4.78 is 12.4. The Bertz CT molecular complexity index is 1080. The zero-order valence-electron chi connectivity index (χ0n) is 14.1. The Kier molecular flexibility index (Phi) is 3.74. The minimum absolute atomic E-state index is 0.0943. The molecule has 0 N–H and O–H groups in total. The molecule has 3 heterocycles. The first kappa shape index (κ1) is 15.6. The first-order chi connectivity index (χ1) is 12.8. The molecule has 7 heteroatoms. The highest BCUT2D eigenvalue weighted by Crippen LogP contribution is 2.33. The Hall–Kier alpha value is -2.67. The normalized spacial score (nSPS) is 16.2. The standard InChI is InChI=1S/C19H17N3O3S/c23-19-17-13-3-1-2-4-16(13)26-18(17)20-11-22(19)21-10-12-5-6-14-15(9-12)25-8-7-24-14/h5-6,9-11H,1-4,7-8H2.